The number of halogens is 1. The normalized spacial score (nSPS) is 17.9. The number of pyridine rings is 1. The molecule has 0 amide bonds. The van der Waals surface area contributed by atoms with Crippen LogP contribution in [0.4, 0.5) is 5.69 Å². The van der Waals surface area contributed by atoms with Gasteiger partial charge in [0, 0.05) is 19.3 Å². The Morgan fingerprint density at radius 1 is 1.41 bits per heavy atom. The molecule has 94 valence electrons. The summed E-state index contributed by atoms with van der Waals surface area (Å²) in [6.07, 6.45) is 1.44. The number of anilines is 1. The molecule has 0 bridgehead atoms. The summed E-state index contributed by atoms with van der Waals surface area (Å²) in [6.45, 7) is 1.54. The molecule has 0 aliphatic carbocycles. The van der Waals surface area contributed by atoms with Crippen molar-refractivity contribution in [2.24, 2.45) is 0 Å². The number of ether oxygens (including phenoxy) is 1. The van der Waals surface area contributed by atoms with Crippen LogP contribution < -0.4 is 4.72 Å². The minimum atomic E-state index is -3.54. The lowest BCUT2D eigenvalue weighted by molar-refractivity contribution is 0.0733. The van der Waals surface area contributed by atoms with E-state index in [1.165, 1.54) is 16.6 Å². The fourth-order valence-electron chi connectivity index (χ4n) is 1.47. The van der Waals surface area contributed by atoms with Crippen LogP contribution in [0, 0.1) is 0 Å². The van der Waals surface area contributed by atoms with E-state index in [4.69, 9.17) is 16.3 Å². The van der Waals surface area contributed by atoms with Crippen LogP contribution in [0.3, 0.4) is 0 Å². The molecule has 2 heterocycles. The first kappa shape index (κ1) is 12.6. The number of nitrogens with one attached hydrogen (secondary N) is 1. The third-order valence-corrected chi connectivity index (χ3v) is 4.03. The molecule has 0 saturated carbocycles. The minimum Gasteiger partial charge on any atom is -0.379 e. The lowest BCUT2D eigenvalue weighted by Gasteiger charge is -2.26. The molecule has 0 radical (unpaired) electrons. The van der Waals surface area contributed by atoms with E-state index in [1.807, 2.05) is 0 Å². The number of hydrogen-bond acceptors (Lipinski definition) is 4. The predicted octanol–water partition coefficient (Wildman–Crippen LogP) is 0.724. The summed E-state index contributed by atoms with van der Waals surface area (Å²) in [5.41, 5.74) is 0.400. The van der Waals surface area contributed by atoms with Gasteiger partial charge in [0.1, 0.15) is 5.15 Å². The third-order valence-electron chi connectivity index (χ3n) is 2.28. The van der Waals surface area contributed by atoms with Gasteiger partial charge >= 0.3 is 10.2 Å². The summed E-state index contributed by atoms with van der Waals surface area (Å²) in [5, 5.41) is 0.243. The molecule has 1 fully saturated rings. The van der Waals surface area contributed by atoms with Crippen molar-refractivity contribution in [1.29, 1.82) is 0 Å². The van der Waals surface area contributed by atoms with E-state index < -0.39 is 10.2 Å². The van der Waals surface area contributed by atoms with E-state index in [0.717, 1.165) is 0 Å². The zero-order chi connectivity index (χ0) is 12.3. The van der Waals surface area contributed by atoms with Crippen molar-refractivity contribution in [2.45, 2.75) is 0 Å². The van der Waals surface area contributed by atoms with Crippen molar-refractivity contribution < 1.29 is 13.2 Å². The largest absolute Gasteiger partial charge is 0.379 e. The van der Waals surface area contributed by atoms with Crippen LogP contribution in [0.25, 0.3) is 0 Å². The number of aromatic nitrogens is 1. The van der Waals surface area contributed by atoms with E-state index in [0.29, 0.717) is 32.0 Å². The van der Waals surface area contributed by atoms with Crippen LogP contribution >= 0.6 is 11.6 Å². The molecule has 0 spiro atoms. The van der Waals surface area contributed by atoms with Gasteiger partial charge in [0.25, 0.3) is 0 Å². The summed E-state index contributed by atoms with van der Waals surface area (Å²) in [7, 11) is -3.54. The van der Waals surface area contributed by atoms with Gasteiger partial charge < -0.3 is 4.74 Å². The van der Waals surface area contributed by atoms with E-state index in [-0.39, 0.29) is 5.15 Å². The topological polar surface area (TPSA) is 71.5 Å². The molecule has 0 unspecified atom stereocenters. The Labute approximate surface area is 105 Å². The Balaban J connectivity index is 2.11. The van der Waals surface area contributed by atoms with E-state index in [9.17, 15) is 8.42 Å². The molecule has 1 N–H and O–H groups in total. The lowest BCUT2D eigenvalue weighted by Crippen LogP contribution is -2.43. The second kappa shape index (κ2) is 5.18. The molecule has 8 heteroatoms. The molecule has 1 saturated heterocycles. The van der Waals surface area contributed by atoms with Crippen LogP contribution in [0.2, 0.25) is 5.15 Å². The Bertz CT molecular complexity index is 488. The maximum atomic E-state index is 12.0. The number of nitrogens with zero attached hydrogens (tertiary/aromatic N) is 2. The Kier molecular flexibility index (Phi) is 3.82. The van der Waals surface area contributed by atoms with Gasteiger partial charge in [-0.25, -0.2) is 4.98 Å². The highest BCUT2D eigenvalue weighted by molar-refractivity contribution is 7.90. The van der Waals surface area contributed by atoms with Gasteiger partial charge in [-0.05, 0) is 12.1 Å². The van der Waals surface area contributed by atoms with Gasteiger partial charge in [-0.1, -0.05) is 11.6 Å². The average molecular weight is 278 g/mol. The van der Waals surface area contributed by atoms with Crippen molar-refractivity contribution in [3.8, 4) is 0 Å². The number of hydrogen-bond donors (Lipinski definition) is 1. The second-order valence-corrected chi connectivity index (χ2v) is 5.54. The summed E-state index contributed by atoms with van der Waals surface area (Å²) >= 11 is 5.68. The maximum absolute atomic E-state index is 12.0. The van der Waals surface area contributed by atoms with Crippen molar-refractivity contribution in [3.63, 3.8) is 0 Å². The van der Waals surface area contributed by atoms with Crippen molar-refractivity contribution in [3.05, 3.63) is 23.5 Å². The Morgan fingerprint density at radius 2 is 2.12 bits per heavy atom. The first-order chi connectivity index (χ1) is 8.08. The van der Waals surface area contributed by atoms with Crippen LogP contribution in [0.1, 0.15) is 0 Å². The zero-order valence-electron chi connectivity index (χ0n) is 8.97. The molecule has 6 nitrogen and oxygen atoms in total. The molecule has 2 rings (SSSR count). The highest BCUT2D eigenvalue weighted by Crippen LogP contribution is 2.15. The van der Waals surface area contributed by atoms with Crippen molar-refractivity contribution in [1.82, 2.24) is 9.29 Å². The van der Waals surface area contributed by atoms with Crippen LogP contribution in [-0.4, -0.2) is 44.0 Å². The summed E-state index contributed by atoms with van der Waals surface area (Å²) < 4.78 is 32.8. The number of morpholine rings is 1. The van der Waals surface area contributed by atoms with Gasteiger partial charge in [0.2, 0.25) is 0 Å². The SMILES string of the molecule is O=S(=O)(Nc1ccnc(Cl)c1)N1CCOCC1. The van der Waals surface area contributed by atoms with Crippen molar-refractivity contribution in [2.75, 3.05) is 31.0 Å². The standard InChI is InChI=1S/C9H12ClN3O3S/c10-9-7-8(1-2-11-9)12-17(14,15)13-3-5-16-6-4-13/h1-2,7H,3-6H2,(H,11,12). The van der Waals surface area contributed by atoms with Crippen LogP contribution in [-0.2, 0) is 14.9 Å². The molecule has 0 atom stereocenters. The van der Waals surface area contributed by atoms with Crippen molar-refractivity contribution >= 4 is 27.5 Å². The second-order valence-electron chi connectivity index (χ2n) is 3.49. The molecule has 1 aliphatic rings. The molecule has 0 aromatic carbocycles. The average Bonchev–Trinajstić information content (AvgIpc) is 2.29. The molecule has 17 heavy (non-hydrogen) atoms. The van der Waals surface area contributed by atoms with E-state index in [2.05, 4.69) is 9.71 Å². The maximum Gasteiger partial charge on any atom is 0.301 e. The quantitative estimate of drug-likeness (QED) is 0.827. The Morgan fingerprint density at radius 3 is 2.76 bits per heavy atom. The fourth-order valence-corrected chi connectivity index (χ4v) is 2.82. The first-order valence-corrected chi connectivity index (χ1v) is 6.87. The first-order valence-electron chi connectivity index (χ1n) is 5.05. The third kappa shape index (κ3) is 3.29. The summed E-state index contributed by atoms with van der Waals surface area (Å²) in [5.74, 6) is 0. The number of rotatable bonds is 3. The van der Waals surface area contributed by atoms with Gasteiger partial charge in [-0.2, -0.15) is 12.7 Å². The summed E-state index contributed by atoms with van der Waals surface area (Å²) in [6, 6.07) is 3.00. The van der Waals surface area contributed by atoms with E-state index >= 15 is 0 Å². The van der Waals surface area contributed by atoms with Crippen LogP contribution in [0.15, 0.2) is 18.3 Å². The van der Waals surface area contributed by atoms with E-state index in [1.54, 1.807) is 6.07 Å². The highest BCUT2D eigenvalue weighted by atomic mass is 35.5. The van der Waals surface area contributed by atoms with Gasteiger partial charge in [-0.3, -0.25) is 4.72 Å². The highest BCUT2D eigenvalue weighted by Gasteiger charge is 2.24. The lowest BCUT2D eigenvalue weighted by atomic mass is 10.4. The molecule has 1 aromatic rings. The smallest absolute Gasteiger partial charge is 0.301 e. The van der Waals surface area contributed by atoms with Gasteiger partial charge in [0.15, 0.2) is 0 Å². The summed E-state index contributed by atoms with van der Waals surface area (Å²) in [4.78, 5) is 3.78. The van der Waals surface area contributed by atoms with Gasteiger partial charge in [0.05, 0.1) is 18.9 Å². The molecule has 1 aliphatic heterocycles. The fraction of sp³-hybridized carbons (Fsp3) is 0.444. The zero-order valence-corrected chi connectivity index (χ0v) is 10.5. The molecule has 1 aromatic heterocycles. The predicted molar refractivity (Wildman–Crippen MR) is 64.2 cm³/mol. The molecular formula is C9H12ClN3O3S. The monoisotopic (exact) mass is 277 g/mol. The van der Waals surface area contributed by atoms with Gasteiger partial charge in [-0.15, -0.1) is 0 Å². The molecular weight excluding hydrogens is 266 g/mol. The Hall–Kier alpha value is -0.890. The minimum absolute atomic E-state index is 0.243. The van der Waals surface area contributed by atoms with Crippen LogP contribution in [0.5, 0.6) is 0 Å².